The van der Waals surface area contributed by atoms with E-state index in [0.717, 1.165) is 34.6 Å². The van der Waals surface area contributed by atoms with Crippen molar-refractivity contribution in [2.24, 2.45) is 0 Å². The quantitative estimate of drug-likeness (QED) is 0.899. The van der Waals surface area contributed by atoms with Gasteiger partial charge in [0.2, 0.25) is 0 Å². The number of aryl methyl sites for hydroxylation is 1. The second kappa shape index (κ2) is 6.20. The SMILES string of the molecule is CCNc1c(C(C)C)c(C)nc2cc(OC)c(OC)cc12. The van der Waals surface area contributed by atoms with Gasteiger partial charge in [0.15, 0.2) is 11.5 Å². The van der Waals surface area contributed by atoms with Crippen LogP contribution in [0, 0.1) is 6.92 Å². The predicted octanol–water partition coefficient (Wildman–Crippen LogP) is 4.12. The Morgan fingerprint density at radius 2 is 1.76 bits per heavy atom. The highest BCUT2D eigenvalue weighted by atomic mass is 16.5. The number of rotatable bonds is 5. The van der Waals surface area contributed by atoms with Crippen LogP contribution < -0.4 is 14.8 Å². The van der Waals surface area contributed by atoms with E-state index in [4.69, 9.17) is 14.5 Å². The highest BCUT2D eigenvalue weighted by molar-refractivity contribution is 5.96. The molecule has 0 fully saturated rings. The lowest BCUT2D eigenvalue weighted by Crippen LogP contribution is -2.07. The van der Waals surface area contributed by atoms with Gasteiger partial charge in [-0.2, -0.15) is 0 Å². The summed E-state index contributed by atoms with van der Waals surface area (Å²) < 4.78 is 10.8. The molecule has 1 N–H and O–H groups in total. The topological polar surface area (TPSA) is 43.4 Å². The van der Waals surface area contributed by atoms with Gasteiger partial charge in [0.1, 0.15) is 0 Å². The highest BCUT2D eigenvalue weighted by Crippen LogP contribution is 2.39. The van der Waals surface area contributed by atoms with Crippen molar-refractivity contribution in [2.45, 2.75) is 33.6 Å². The predicted molar refractivity (Wildman–Crippen MR) is 87.8 cm³/mol. The van der Waals surface area contributed by atoms with Gasteiger partial charge in [0.25, 0.3) is 0 Å². The van der Waals surface area contributed by atoms with Crippen molar-refractivity contribution in [1.29, 1.82) is 0 Å². The summed E-state index contributed by atoms with van der Waals surface area (Å²) in [6.07, 6.45) is 0. The van der Waals surface area contributed by atoms with Crippen LogP contribution in [0.25, 0.3) is 10.9 Å². The van der Waals surface area contributed by atoms with Crippen LogP contribution in [0.15, 0.2) is 12.1 Å². The van der Waals surface area contributed by atoms with Crippen LogP contribution in [0.2, 0.25) is 0 Å². The number of ether oxygens (including phenoxy) is 2. The van der Waals surface area contributed by atoms with E-state index >= 15 is 0 Å². The number of hydrogen-bond acceptors (Lipinski definition) is 4. The Morgan fingerprint density at radius 1 is 1.14 bits per heavy atom. The molecule has 0 aliphatic heterocycles. The standard InChI is InChI=1S/C17H24N2O2/c1-7-18-17-12-8-14(20-5)15(21-6)9-13(12)19-11(4)16(17)10(2)3/h8-10H,7H2,1-6H3,(H,18,19). The van der Waals surface area contributed by atoms with E-state index in [2.05, 4.69) is 33.0 Å². The number of anilines is 1. The average Bonchev–Trinajstić information content (AvgIpc) is 2.45. The van der Waals surface area contributed by atoms with E-state index in [0.29, 0.717) is 11.7 Å². The van der Waals surface area contributed by atoms with Crippen molar-refractivity contribution >= 4 is 16.6 Å². The van der Waals surface area contributed by atoms with Crippen molar-refractivity contribution in [3.8, 4) is 11.5 Å². The number of pyridine rings is 1. The van der Waals surface area contributed by atoms with Crippen molar-refractivity contribution < 1.29 is 9.47 Å². The summed E-state index contributed by atoms with van der Waals surface area (Å²) in [6.45, 7) is 9.42. The molecule has 0 saturated carbocycles. The van der Waals surface area contributed by atoms with E-state index in [1.54, 1.807) is 14.2 Å². The minimum atomic E-state index is 0.407. The van der Waals surface area contributed by atoms with Gasteiger partial charge < -0.3 is 14.8 Å². The van der Waals surface area contributed by atoms with Crippen molar-refractivity contribution in [2.75, 3.05) is 26.1 Å². The second-order valence-electron chi connectivity index (χ2n) is 5.40. The van der Waals surface area contributed by atoms with Crippen LogP contribution in [-0.4, -0.2) is 25.7 Å². The van der Waals surface area contributed by atoms with Gasteiger partial charge in [-0.25, -0.2) is 0 Å². The summed E-state index contributed by atoms with van der Waals surface area (Å²) in [5.41, 5.74) is 4.39. The molecule has 114 valence electrons. The number of hydrogen-bond donors (Lipinski definition) is 1. The van der Waals surface area contributed by atoms with Crippen LogP contribution in [0.1, 0.15) is 37.9 Å². The normalized spacial score (nSPS) is 11.0. The largest absolute Gasteiger partial charge is 0.493 e. The van der Waals surface area contributed by atoms with Crippen LogP contribution in [0.4, 0.5) is 5.69 Å². The van der Waals surface area contributed by atoms with Gasteiger partial charge in [0.05, 0.1) is 19.7 Å². The molecular formula is C17H24N2O2. The maximum atomic E-state index is 5.43. The van der Waals surface area contributed by atoms with Crippen LogP contribution in [0.5, 0.6) is 11.5 Å². The first kappa shape index (κ1) is 15.4. The Morgan fingerprint density at radius 3 is 2.29 bits per heavy atom. The Balaban J connectivity index is 2.83. The highest BCUT2D eigenvalue weighted by Gasteiger charge is 2.17. The van der Waals surface area contributed by atoms with Crippen molar-refractivity contribution in [3.05, 3.63) is 23.4 Å². The molecule has 1 heterocycles. The Labute approximate surface area is 126 Å². The van der Waals surface area contributed by atoms with Crippen molar-refractivity contribution in [1.82, 2.24) is 4.98 Å². The van der Waals surface area contributed by atoms with E-state index < -0.39 is 0 Å². The first-order valence-electron chi connectivity index (χ1n) is 7.33. The lowest BCUT2D eigenvalue weighted by Gasteiger charge is -2.20. The van der Waals surface area contributed by atoms with Gasteiger partial charge in [-0.15, -0.1) is 0 Å². The Hall–Kier alpha value is -1.97. The van der Waals surface area contributed by atoms with Crippen molar-refractivity contribution in [3.63, 3.8) is 0 Å². The van der Waals surface area contributed by atoms with E-state index in [1.807, 2.05) is 12.1 Å². The molecule has 2 rings (SSSR count). The molecule has 2 aromatic rings. The summed E-state index contributed by atoms with van der Waals surface area (Å²) in [4.78, 5) is 4.75. The zero-order valence-electron chi connectivity index (χ0n) is 13.7. The third kappa shape index (κ3) is 2.75. The Bertz CT molecular complexity index is 651. The fraction of sp³-hybridized carbons (Fsp3) is 0.471. The summed E-state index contributed by atoms with van der Waals surface area (Å²) in [6, 6.07) is 3.94. The first-order chi connectivity index (χ1) is 10.0. The van der Waals surface area contributed by atoms with Gasteiger partial charge in [-0.3, -0.25) is 4.98 Å². The fourth-order valence-electron chi connectivity index (χ4n) is 2.80. The molecule has 0 radical (unpaired) electrons. The second-order valence-corrected chi connectivity index (χ2v) is 5.40. The molecule has 4 heteroatoms. The molecule has 0 bridgehead atoms. The monoisotopic (exact) mass is 288 g/mol. The summed E-state index contributed by atoms with van der Waals surface area (Å²) in [5.74, 6) is 1.84. The molecule has 21 heavy (non-hydrogen) atoms. The lowest BCUT2D eigenvalue weighted by molar-refractivity contribution is 0.356. The summed E-state index contributed by atoms with van der Waals surface area (Å²) >= 11 is 0. The van der Waals surface area contributed by atoms with Gasteiger partial charge in [-0.05, 0) is 31.4 Å². The minimum Gasteiger partial charge on any atom is -0.493 e. The zero-order chi connectivity index (χ0) is 15.6. The zero-order valence-corrected chi connectivity index (χ0v) is 13.7. The third-order valence-electron chi connectivity index (χ3n) is 3.65. The van der Waals surface area contributed by atoms with Crippen LogP contribution in [0.3, 0.4) is 0 Å². The lowest BCUT2D eigenvalue weighted by atomic mass is 9.96. The maximum absolute atomic E-state index is 5.43. The van der Waals surface area contributed by atoms with Gasteiger partial charge in [0, 0.05) is 29.4 Å². The molecular weight excluding hydrogens is 264 g/mol. The van der Waals surface area contributed by atoms with Gasteiger partial charge in [-0.1, -0.05) is 13.8 Å². The third-order valence-corrected chi connectivity index (χ3v) is 3.65. The smallest absolute Gasteiger partial charge is 0.162 e. The molecule has 4 nitrogen and oxygen atoms in total. The van der Waals surface area contributed by atoms with E-state index in [9.17, 15) is 0 Å². The summed E-state index contributed by atoms with van der Waals surface area (Å²) in [7, 11) is 3.30. The number of aromatic nitrogens is 1. The fourth-order valence-corrected chi connectivity index (χ4v) is 2.80. The minimum absolute atomic E-state index is 0.407. The molecule has 0 atom stereocenters. The summed E-state index contributed by atoms with van der Waals surface area (Å²) in [5, 5.41) is 4.57. The van der Waals surface area contributed by atoms with Crippen LogP contribution in [-0.2, 0) is 0 Å². The molecule has 1 aromatic carbocycles. The number of benzene rings is 1. The van der Waals surface area contributed by atoms with Crippen LogP contribution >= 0.6 is 0 Å². The molecule has 0 amide bonds. The van der Waals surface area contributed by atoms with E-state index in [1.165, 1.54) is 5.56 Å². The molecule has 1 aromatic heterocycles. The number of nitrogens with zero attached hydrogens (tertiary/aromatic N) is 1. The molecule has 0 aliphatic carbocycles. The molecule has 0 unspecified atom stereocenters. The number of nitrogens with one attached hydrogen (secondary N) is 1. The number of fused-ring (bicyclic) bond motifs is 1. The maximum Gasteiger partial charge on any atom is 0.162 e. The molecule has 0 aliphatic rings. The first-order valence-corrected chi connectivity index (χ1v) is 7.33. The Kier molecular flexibility index (Phi) is 4.56. The van der Waals surface area contributed by atoms with Gasteiger partial charge >= 0.3 is 0 Å². The number of methoxy groups -OCH3 is 2. The average molecular weight is 288 g/mol. The molecule has 0 saturated heterocycles. The molecule has 0 spiro atoms. The van der Waals surface area contributed by atoms with E-state index in [-0.39, 0.29) is 0 Å².